The number of aromatic nitrogens is 6. The Morgan fingerprint density at radius 1 is 1.32 bits per heavy atom. The summed E-state index contributed by atoms with van der Waals surface area (Å²) in [6, 6.07) is 1.72. The van der Waals surface area contributed by atoms with Crippen LogP contribution >= 0.6 is 0 Å². The molecule has 19 heavy (non-hydrogen) atoms. The predicted octanol–water partition coefficient (Wildman–Crippen LogP) is 0.880. The highest BCUT2D eigenvalue weighted by Gasteiger charge is 2.10. The van der Waals surface area contributed by atoms with Gasteiger partial charge in [-0.25, -0.2) is 4.98 Å². The van der Waals surface area contributed by atoms with Gasteiger partial charge < -0.3 is 0 Å². The van der Waals surface area contributed by atoms with Gasteiger partial charge in [0, 0.05) is 12.6 Å². The fraction of sp³-hybridized carbons (Fsp3) is 0.417. The van der Waals surface area contributed by atoms with Crippen molar-refractivity contribution >= 4 is 16.8 Å². The molecule has 7 nitrogen and oxygen atoms in total. The molecular formula is C12H14N6O. The normalized spacial score (nSPS) is 11.7. The van der Waals surface area contributed by atoms with Crippen molar-refractivity contribution in [3.8, 4) is 0 Å². The van der Waals surface area contributed by atoms with Gasteiger partial charge in [0.05, 0.1) is 6.20 Å². The smallest absolute Gasteiger partial charge is 0.283 e. The lowest BCUT2D eigenvalue weighted by Crippen LogP contribution is -2.23. The molecule has 0 amide bonds. The zero-order valence-electron chi connectivity index (χ0n) is 10.8. The molecule has 7 heteroatoms. The van der Waals surface area contributed by atoms with Crippen molar-refractivity contribution in [1.82, 2.24) is 29.4 Å². The van der Waals surface area contributed by atoms with Crippen LogP contribution in [0.4, 0.5) is 0 Å². The van der Waals surface area contributed by atoms with E-state index in [2.05, 4.69) is 34.1 Å². The van der Waals surface area contributed by atoms with E-state index >= 15 is 0 Å². The molecule has 0 aromatic carbocycles. The van der Waals surface area contributed by atoms with Crippen LogP contribution in [0.25, 0.3) is 16.8 Å². The second kappa shape index (κ2) is 4.42. The minimum atomic E-state index is -0.171. The quantitative estimate of drug-likeness (QED) is 0.697. The third-order valence-corrected chi connectivity index (χ3v) is 3.02. The molecule has 98 valence electrons. The van der Waals surface area contributed by atoms with E-state index in [0.29, 0.717) is 23.8 Å². The molecule has 0 spiro atoms. The van der Waals surface area contributed by atoms with Crippen molar-refractivity contribution in [3.05, 3.63) is 28.9 Å². The molecule has 0 radical (unpaired) electrons. The van der Waals surface area contributed by atoms with Crippen LogP contribution in [0.1, 0.15) is 20.3 Å². The van der Waals surface area contributed by atoms with E-state index in [1.165, 1.54) is 4.52 Å². The maximum Gasteiger partial charge on any atom is 0.283 e. The molecule has 0 aliphatic carbocycles. The van der Waals surface area contributed by atoms with Gasteiger partial charge in [0.2, 0.25) is 0 Å². The fourth-order valence-electron chi connectivity index (χ4n) is 1.91. The lowest BCUT2D eigenvalue weighted by Gasteiger charge is -2.08. The topological polar surface area (TPSA) is 78.0 Å². The van der Waals surface area contributed by atoms with E-state index in [1.807, 2.05) is 0 Å². The Kier molecular flexibility index (Phi) is 2.73. The second-order valence-electron chi connectivity index (χ2n) is 4.90. The van der Waals surface area contributed by atoms with Crippen molar-refractivity contribution < 1.29 is 0 Å². The maximum absolute atomic E-state index is 12.3. The van der Waals surface area contributed by atoms with Crippen LogP contribution in [0.3, 0.4) is 0 Å². The van der Waals surface area contributed by atoms with Gasteiger partial charge in [0.1, 0.15) is 6.33 Å². The SMILES string of the molecule is CC(C)CCn1cnc2c(nnc3ccnn32)c1=O. The maximum atomic E-state index is 12.3. The molecule has 3 aromatic heterocycles. The summed E-state index contributed by atoms with van der Waals surface area (Å²) in [5.41, 5.74) is 1.11. The molecule has 0 aliphatic heterocycles. The fourth-order valence-corrected chi connectivity index (χ4v) is 1.91. The van der Waals surface area contributed by atoms with Crippen LogP contribution in [0.2, 0.25) is 0 Å². The zero-order chi connectivity index (χ0) is 13.4. The number of aryl methyl sites for hydroxylation is 1. The molecular weight excluding hydrogens is 244 g/mol. The highest BCUT2D eigenvalue weighted by atomic mass is 16.1. The molecule has 3 rings (SSSR count). The minimum Gasteiger partial charge on any atom is -0.297 e. The molecule has 0 bridgehead atoms. The van der Waals surface area contributed by atoms with Crippen LogP contribution in [0.15, 0.2) is 23.4 Å². The first kappa shape index (κ1) is 11.8. The van der Waals surface area contributed by atoms with Gasteiger partial charge in [-0.2, -0.15) is 9.61 Å². The van der Waals surface area contributed by atoms with Crippen molar-refractivity contribution in [3.63, 3.8) is 0 Å². The summed E-state index contributed by atoms with van der Waals surface area (Å²) < 4.78 is 3.10. The first-order valence-electron chi connectivity index (χ1n) is 6.22. The summed E-state index contributed by atoms with van der Waals surface area (Å²) in [6.07, 6.45) is 4.08. The summed E-state index contributed by atoms with van der Waals surface area (Å²) in [4.78, 5) is 16.6. The highest BCUT2D eigenvalue weighted by molar-refractivity contribution is 5.70. The molecule has 0 unspecified atom stereocenters. The van der Waals surface area contributed by atoms with E-state index in [-0.39, 0.29) is 11.1 Å². The van der Waals surface area contributed by atoms with Crippen molar-refractivity contribution in [1.29, 1.82) is 0 Å². The van der Waals surface area contributed by atoms with Gasteiger partial charge in [-0.05, 0) is 12.3 Å². The zero-order valence-corrected chi connectivity index (χ0v) is 10.8. The van der Waals surface area contributed by atoms with Gasteiger partial charge >= 0.3 is 0 Å². The van der Waals surface area contributed by atoms with Crippen molar-refractivity contribution in [2.45, 2.75) is 26.8 Å². The number of nitrogens with zero attached hydrogens (tertiary/aromatic N) is 6. The summed E-state index contributed by atoms with van der Waals surface area (Å²) in [5.74, 6) is 0.530. The van der Waals surface area contributed by atoms with Crippen LogP contribution in [-0.4, -0.2) is 29.4 Å². The Morgan fingerprint density at radius 3 is 2.95 bits per heavy atom. The highest BCUT2D eigenvalue weighted by Crippen LogP contribution is 2.06. The molecule has 0 saturated heterocycles. The number of fused-ring (bicyclic) bond motifs is 3. The minimum absolute atomic E-state index is 0.171. The first-order chi connectivity index (χ1) is 9.16. The summed E-state index contributed by atoms with van der Waals surface area (Å²) >= 11 is 0. The monoisotopic (exact) mass is 258 g/mol. The molecule has 3 aromatic rings. The summed E-state index contributed by atoms with van der Waals surface area (Å²) in [5, 5.41) is 12.0. The van der Waals surface area contributed by atoms with E-state index in [9.17, 15) is 4.79 Å². The average molecular weight is 258 g/mol. The number of hydrogen-bond donors (Lipinski definition) is 0. The largest absolute Gasteiger partial charge is 0.297 e. The third-order valence-electron chi connectivity index (χ3n) is 3.02. The van der Waals surface area contributed by atoms with Crippen LogP contribution in [-0.2, 0) is 6.54 Å². The van der Waals surface area contributed by atoms with Crippen molar-refractivity contribution in [2.75, 3.05) is 0 Å². The summed E-state index contributed by atoms with van der Waals surface area (Å²) in [7, 11) is 0. The van der Waals surface area contributed by atoms with Gasteiger partial charge in [0.25, 0.3) is 5.56 Å². The molecule has 0 atom stereocenters. The number of hydrogen-bond acceptors (Lipinski definition) is 5. The Bertz CT molecular complexity index is 788. The van der Waals surface area contributed by atoms with E-state index in [4.69, 9.17) is 0 Å². The van der Waals surface area contributed by atoms with E-state index in [0.717, 1.165) is 6.42 Å². The Morgan fingerprint density at radius 2 is 2.16 bits per heavy atom. The van der Waals surface area contributed by atoms with Gasteiger partial charge in [-0.1, -0.05) is 13.8 Å². The Labute approximate surface area is 108 Å². The predicted molar refractivity (Wildman–Crippen MR) is 69.8 cm³/mol. The second-order valence-corrected chi connectivity index (χ2v) is 4.90. The average Bonchev–Trinajstić information content (AvgIpc) is 2.86. The number of rotatable bonds is 3. The van der Waals surface area contributed by atoms with Crippen LogP contribution in [0.5, 0.6) is 0 Å². The lowest BCUT2D eigenvalue weighted by molar-refractivity contribution is 0.505. The van der Waals surface area contributed by atoms with E-state index in [1.54, 1.807) is 23.2 Å². The molecule has 0 aliphatic rings. The van der Waals surface area contributed by atoms with Crippen LogP contribution in [0, 0.1) is 5.92 Å². The molecule has 0 fully saturated rings. The summed E-state index contributed by atoms with van der Waals surface area (Å²) in [6.45, 7) is 4.87. The Hall–Kier alpha value is -2.31. The first-order valence-corrected chi connectivity index (χ1v) is 6.22. The Balaban J connectivity index is 2.16. The van der Waals surface area contributed by atoms with Crippen LogP contribution < -0.4 is 5.56 Å². The van der Waals surface area contributed by atoms with E-state index < -0.39 is 0 Å². The molecule has 0 N–H and O–H groups in total. The van der Waals surface area contributed by atoms with Gasteiger partial charge in [-0.15, -0.1) is 10.2 Å². The third kappa shape index (κ3) is 1.96. The van der Waals surface area contributed by atoms with Gasteiger partial charge in [0.15, 0.2) is 16.8 Å². The lowest BCUT2D eigenvalue weighted by atomic mass is 10.1. The molecule has 0 saturated carbocycles. The van der Waals surface area contributed by atoms with Crippen molar-refractivity contribution in [2.24, 2.45) is 5.92 Å². The van der Waals surface area contributed by atoms with Gasteiger partial charge in [-0.3, -0.25) is 9.36 Å². The standard InChI is InChI=1S/C12H14N6O/c1-8(2)4-6-17-7-13-11-10(12(17)19)16-15-9-3-5-14-18(9)11/h3,5,7-8H,4,6H2,1-2H3. The molecule has 3 heterocycles.